The van der Waals surface area contributed by atoms with E-state index in [1.54, 1.807) is 19.4 Å². The summed E-state index contributed by atoms with van der Waals surface area (Å²) in [4.78, 5) is 16.0. The third-order valence-corrected chi connectivity index (χ3v) is 6.51. The highest BCUT2D eigenvalue weighted by atomic mass is 35.5. The van der Waals surface area contributed by atoms with Gasteiger partial charge in [0.05, 0.1) is 40.1 Å². The van der Waals surface area contributed by atoms with E-state index in [0.717, 1.165) is 81.0 Å². The maximum Gasteiger partial charge on any atom is 0.231 e. The molecule has 5 rings (SSSR count). The summed E-state index contributed by atoms with van der Waals surface area (Å²) >= 11 is 6.29. The lowest BCUT2D eigenvalue weighted by Crippen LogP contribution is -2.38. The van der Waals surface area contributed by atoms with Crippen LogP contribution in [0.2, 0.25) is 5.15 Å². The molecule has 8 nitrogen and oxygen atoms in total. The van der Waals surface area contributed by atoms with Gasteiger partial charge in [-0.25, -0.2) is 9.97 Å². The number of aromatic nitrogens is 2. The van der Waals surface area contributed by atoms with Crippen molar-refractivity contribution < 1.29 is 14.2 Å². The Morgan fingerprint density at radius 1 is 0.886 bits per heavy atom. The number of morpholine rings is 2. The minimum absolute atomic E-state index is 0.410. The van der Waals surface area contributed by atoms with Gasteiger partial charge in [-0.15, -0.1) is 0 Å². The van der Waals surface area contributed by atoms with Gasteiger partial charge in [-0.05, 0) is 42.0 Å². The summed E-state index contributed by atoms with van der Waals surface area (Å²) in [7, 11) is 1.67. The molecule has 184 valence electrons. The number of ether oxygens (including phenoxy) is 3. The third-order valence-electron chi connectivity index (χ3n) is 6.30. The van der Waals surface area contributed by atoms with E-state index in [4.69, 9.17) is 25.8 Å². The zero-order chi connectivity index (χ0) is 24.0. The van der Waals surface area contributed by atoms with Gasteiger partial charge in [-0.2, -0.15) is 0 Å². The van der Waals surface area contributed by atoms with Crippen LogP contribution in [0, 0.1) is 0 Å². The van der Waals surface area contributed by atoms with Crippen molar-refractivity contribution in [2.75, 3.05) is 74.4 Å². The van der Waals surface area contributed by atoms with Crippen LogP contribution >= 0.6 is 11.6 Å². The van der Waals surface area contributed by atoms with Gasteiger partial charge in [0.25, 0.3) is 0 Å². The van der Waals surface area contributed by atoms with E-state index in [-0.39, 0.29) is 0 Å². The summed E-state index contributed by atoms with van der Waals surface area (Å²) in [5.74, 6) is 1.38. The second-order valence-electron chi connectivity index (χ2n) is 8.52. The average molecular weight is 496 g/mol. The first-order valence-corrected chi connectivity index (χ1v) is 12.3. The molecule has 2 saturated heterocycles. The number of benzene rings is 2. The van der Waals surface area contributed by atoms with Gasteiger partial charge in [0, 0.05) is 49.4 Å². The molecule has 0 saturated carbocycles. The van der Waals surface area contributed by atoms with Crippen LogP contribution < -0.4 is 19.4 Å². The maximum atomic E-state index is 6.29. The summed E-state index contributed by atoms with van der Waals surface area (Å²) < 4.78 is 16.5. The van der Waals surface area contributed by atoms with Gasteiger partial charge < -0.3 is 28.9 Å². The second kappa shape index (κ2) is 11.1. The van der Waals surface area contributed by atoms with Crippen LogP contribution in [0.25, 0.3) is 0 Å². The van der Waals surface area contributed by atoms with E-state index in [2.05, 4.69) is 55.0 Å². The summed E-state index contributed by atoms with van der Waals surface area (Å²) in [6, 6.07) is 16.4. The van der Waals surface area contributed by atoms with E-state index < -0.39 is 0 Å². The highest BCUT2D eigenvalue weighted by Crippen LogP contribution is 2.35. The lowest BCUT2D eigenvalue weighted by Gasteiger charge is -2.34. The first-order valence-electron chi connectivity index (χ1n) is 11.9. The van der Waals surface area contributed by atoms with Crippen LogP contribution in [0.1, 0.15) is 5.56 Å². The van der Waals surface area contributed by atoms with Crippen molar-refractivity contribution in [1.82, 2.24) is 9.97 Å². The first kappa shape index (κ1) is 23.7. The highest BCUT2D eigenvalue weighted by molar-refractivity contribution is 6.29. The molecule has 0 radical (unpaired) electrons. The Morgan fingerprint density at radius 2 is 1.49 bits per heavy atom. The molecular formula is C26H30ClN5O3. The number of rotatable bonds is 7. The molecule has 35 heavy (non-hydrogen) atoms. The van der Waals surface area contributed by atoms with Crippen LogP contribution in [-0.2, 0) is 16.0 Å². The molecule has 2 fully saturated rings. The Hall–Kier alpha value is -3.07. The van der Waals surface area contributed by atoms with Crippen molar-refractivity contribution in [3.8, 4) is 5.75 Å². The number of halogens is 1. The Labute approximate surface area is 211 Å². The molecule has 3 heterocycles. The van der Waals surface area contributed by atoms with Crippen LogP contribution in [0.4, 0.5) is 23.0 Å². The summed E-state index contributed by atoms with van der Waals surface area (Å²) in [5.41, 5.74) is 4.44. The number of nitrogens with zero attached hydrogens (tertiary/aromatic N) is 5. The van der Waals surface area contributed by atoms with E-state index in [9.17, 15) is 0 Å². The third kappa shape index (κ3) is 5.78. The van der Waals surface area contributed by atoms with Crippen molar-refractivity contribution >= 4 is 34.6 Å². The number of anilines is 4. The molecule has 0 atom stereocenters. The quantitative estimate of drug-likeness (QED) is 0.453. The van der Waals surface area contributed by atoms with Crippen LogP contribution in [-0.4, -0.2) is 69.7 Å². The number of hydrogen-bond acceptors (Lipinski definition) is 8. The minimum atomic E-state index is 0.410. The van der Waals surface area contributed by atoms with E-state index in [1.807, 2.05) is 12.1 Å². The lowest BCUT2D eigenvalue weighted by molar-refractivity contribution is 0.122. The van der Waals surface area contributed by atoms with Gasteiger partial charge in [0.1, 0.15) is 10.9 Å². The molecule has 0 unspecified atom stereocenters. The predicted molar refractivity (Wildman–Crippen MR) is 138 cm³/mol. The molecule has 3 aromatic rings. The van der Waals surface area contributed by atoms with E-state index in [1.165, 1.54) is 0 Å². The number of hydrogen-bond donors (Lipinski definition) is 0. The zero-order valence-corrected chi connectivity index (χ0v) is 20.7. The molecule has 9 heteroatoms. The minimum Gasteiger partial charge on any atom is -0.497 e. The van der Waals surface area contributed by atoms with Crippen LogP contribution in [0.3, 0.4) is 0 Å². The summed E-state index contributed by atoms with van der Waals surface area (Å²) in [6.45, 7) is 6.92. The molecule has 0 aliphatic carbocycles. The average Bonchev–Trinajstić information content (AvgIpc) is 2.93. The molecular weight excluding hydrogens is 466 g/mol. The number of methoxy groups -OCH3 is 1. The van der Waals surface area contributed by atoms with Crippen molar-refractivity contribution in [2.24, 2.45) is 0 Å². The van der Waals surface area contributed by atoms with Crippen LogP contribution in [0.5, 0.6) is 5.75 Å². The fourth-order valence-electron chi connectivity index (χ4n) is 4.39. The SMILES string of the molecule is COc1ccc(CN(c2cc(N3CCOCC3)cc(N3CCOCC3)c2)c2nccc(Cl)n2)cc1. The van der Waals surface area contributed by atoms with Gasteiger partial charge in [-0.1, -0.05) is 23.7 Å². The predicted octanol–water partition coefficient (Wildman–Crippen LogP) is 4.15. The maximum absolute atomic E-state index is 6.29. The standard InChI is InChI=1S/C26H30ClN5O3/c1-33-24-4-2-20(3-5-24)19-32(26-28-7-6-25(27)29-26)23-17-21(30-8-12-34-13-9-30)16-22(18-23)31-10-14-35-15-11-31/h2-7,16-18H,8-15,19H2,1H3. The van der Waals surface area contributed by atoms with E-state index in [0.29, 0.717) is 17.6 Å². The highest BCUT2D eigenvalue weighted by Gasteiger charge is 2.21. The zero-order valence-electron chi connectivity index (χ0n) is 19.9. The normalized spacial score (nSPS) is 16.3. The Morgan fingerprint density at radius 3 is 2.03 bits per heavy atom. The van der Waals surface area contributed by atoms with Gasteiger partial charge in [0.2, 0.25) is 5.95 Å². The molecule has 2 aromatic carbocycles. The molecule has 0 amide bonds. The molecule has 2 aliphatic rings. The smallest absolute Gasteiger partial charge is 0.231 e. The first-order chi connectivity index (χ1) is 17.2. The summed E-state index contributed by atoms with van der Waals surface area (Å²) in [6.07, 6.45) is 1.69. The van der Waals surface area contributed by atoms with Crippen LogP contribution in [0.15, 0.2) is 54.7 Å². The molecule has 2 aliphatic heterocycles. The summed E-state index contributed by atoms with van der Waals surface area (Å²) in [5, 5.41) is 0.410. The topological polar surface area (TPSA) is 63.2 Å². The Balaban J connectivity index is 1.57. The molecule has 0 N–H and O–H groups in total. The molecule has 0 spiro atoms. The fourth-order valence-corrected chi connectivity index (χ4v) is 4.52. The monoisotopic (exact) mass is 495 g/mol. The fraction of sp³-hybridized carbons (Fsp3) is 0.385. The van der Waals surface area contributed by atoms with Crippen molar-refractivity contribution in [3.05, 3.63) is 65.4 Å². The van der Waals surface area contributed by atoms with Gasteiger partial charge in [0.15, 0.2) is 0 Å². The Bertz CT molecular complexity index is 1080. The van der Waals surface area contributed by atoms with Gasteiger partial charge in [-0.3, -0.25) is 0 Å². The Kier molecular flexibility index (Phi) is 7.51. The lowest BCUT2D eigenvalue weighted by atomic mass is 10.1. The van der Waals surface area contributed by atoms with Crippen molar-refractivity contribution in [3.63, 3.8) is 0 Å². The molecule has 0 bridgehead atoms. The van der Waals surface area contributed by atoms with Gasteiger partial charge >= 0.3 is 0 Å². The van der Waals surface area contributed by atoms with Crippen molar-refractivity contribution in [1.29, 1.82) is 0 Å². The largest absolute Gasteiger partial charge is 0.497 e. The van der Waals surface area contributed by atoms with Crippen molar-refractivity contribution in [2.45, 2.75) is 6.54 Å². The second-order valence-corrected chi connectivity index (χ2v) is 8.91. The molecule has 1 aromatic heterocycles. The van der Waals surface area contributed by atoms with E-state index >= 15 is 0 Å².